The van der Waals surface area contributed by atoms with E-state index in [4.69, 9.17) is 4.74 Å². The van der Waals surface area contributed by atoms with Crippen LogP contribution in [0.25, 0.3) is 0 Å². The summed E-state index contributed by atoms with van der Waals surface area (Å²) in [6.45, 7) is 4.69. The zero-order valence-electron chi connectivity index (χ0n) is 20.1. The second-order valence-electron chi connectivity index (χ2n) is 8.37. The van der Waals surface area contributed by atoms with Crippen molar-refractivity contribution in [2.24, 2.45) is 11.8 Å². The van der Waals surface area contributed by atoms with E-state index in [1.165, 1.54) is 5.56 Å². The number of rotatable bonds is 17. The second kappa shape index (κ2) is 17.6. The van der Waals surface area contributed by atoms with Crippen LogP contribution in [0.1, 0.15) is 57.9 Å². The molecule has 0 saturated heterocycles. The molecule has 0 fully saturated rings. The minimum Gasteiger partial charge on any atom is -0.396 e. The van der Waals surface area contributed by atoms with E-state index in [1.54, 1.807) is 7.11 Å². The van der Waals surface area contributed by atoms with Gasteiger partial charge in [0.2, 0.25) is 5.91 Å². The van der Waals surface area contributed by atoms with Crippen molar-refractivity contribution in [2.75, 3.05) is 20.3 Å². The van der Waals surface area contributed by atoms with E-state index in [2.05, 4.69) is 48.7 Å². The minimum atomic E-state index is -0.594. The summed E-state index contributed by atoms with van der Waals surface area (Å²) >= 11 is 0. The van der Waals surface area contributed by atoms with Crippen LogP contribution in [0, 0.1) is 11.8 Å². The molecule has 0 saturated carbocycles. The lowest BCUT2D eigenvalue weighted by Crippen LogP contribution is -2.26. The van der Waals surface area contributed by atoms with Gasteiger partial charge in [0, 0.05) is 32.6 Å². The van der Waals surface area contributed by atoms with Crippen molar-refractivity contribution < 1.29 is 19.7 Å². The fourth-order valence-electron chi connectivity index (χ4n) is 3.77. The molecule has 5 heteroatoms. The predicted octanol–water partition coefficient (Wildman–Crippen LogP) is 4.44. The number of unbranched alkanes of at least 4 members (excludes halogenated alkanes) is 1. The fraction of sp³-hybridized carbons (Fsp3) is 0.593. The van der Waals surface area contributed by atoms with E-state index in [1.807, 2.05) is 25.1 Å². The van der Waals surface area contributed by atoms with Gasteiger partial charge in [-0.1, -0.05) is 61.6 Å². The first-order chi connectivity index (χ1) is 15.5. The van der Waals surface area contributed by atoms with E-state index in [0.717, 1.165) is 32.1 Å². The molecule has 32 heavy (non-hydrogen) atoms. The Morgan fingerprint density at radius 2 is 1.91 bits per heavy atom. The number of ether oxygens (including phenoxy) is 1. The highest BCUT2D eigenvalue weighted by molar-refractivity contribution is 5.75. The Hall–Kier alpha value is -1.95. The molecule has 4 atom stereocenters. The molecule has 0 aromatic heterocycles. The van der Waals surface area contributed by atoms with Gasteiger partial charge >= 0.3 is 0 Å². The van der Waals surface area contributed by atoms with Crippen LogP contribution in [0.5, 0.6) is 0 Å². The third-order valence-electron chi connectivity index (χ3n) is 5.76. The number of nitrogens with one attached hydrogen (secondary N) is 1. The van der Waals surface area contributed by atoms with Crippen LogP contribution < -0.4 is 5.32 Å². The SMILES string of the molecule is CCNC(=O)CCC/C=C\C[C@@H](C)[C@@H](/C=C/[C@H](CCc1ccccc1)OC)[C@H](O)CCO. The quantitative estimate of drug-likeness (QED) is 0.245. The highest BCUT2D eigenvalue weighted by Crippen LogP contribution is 2.24. The zero-order chi connectivity index (χ0) is 23.6. The number of aliphatic hydroxyl groups is 2. The average Bonchev–Trinajstić information content (AvgIpc) is 2.79. The molecule has 0 bridgehead atoms. The van der Waals surface area contributed by atoms with Crippen LogP contribution in [-0.2, 0) is 16.0 Å². The number of benzene rings is 1. The van der Waals surface area contributed by atoms with E-state index in [9.17, 15) is 15.0 Å². The molecule has 1 aromatic rings. The van der Waals surface area contributed by atoms with E-state index >= 15 is 0 Å². The summed E-state index contributed by atoms with van der Waals surface area (Å²) in [5.41, 5.74) is 1.28. The lowest BCUT2D eigenvalue weighted by atomic mass is 9.84. The average molecular weight is 446 g/mol. The highest BCUT2D eigenvalue weighted by Gasteiger charge is 2.22. The number of aliphatic hydroxyl groups excluding tert-OH is 2. The van der Waals surface area contributed by atoms with Gasteiger partial charge in [-0.2, -0.15) is 0 Å². The van der Waals surface area contributed by atoms with Gasteiger partial charge < -0.3 is 20.3 Å². The molecule has 5 nitrogen and oxygen atoms in total. The van der Waals surface area contributed by atoms with E-state index < -0.39 is 6.10 Å². The normalized spacial score (nSPS) is 15.7. The summed E-state index contributed by atoms with van der Waals surface area (Å²) in [5.74, 6) is 0.266. The third-order valence-corrected chi connectivity index (χ3v) is 5.76. The van der Waals surface area contributed by atoms with Crippen molar-refractivity contribution in [3.63, 3.8) is 0 Å². The molecule has 180 valence electrons. The van der Waals surface area contributed by atoms with Gasteiger partial charge in [0.25, 0.3) is 0 Å². The van der Waals surface area contributed by atoms with Gasteiger partial charge in [-0.3, -0.25) is 4.79 Å². The zero-order valence-corrected chi connectivity index (χ0v) is 20.1. The molecular formula is C27H43NO4. The largest absolute Gasteiger partial charge is 0.396 e. The summed E-state index contributed by atoms with van der Waals surface area (Å²) in [7, 11) is 1.71. The van der Waals surface area contributed by atoms with Gasteiger partial charge in [0.05, 0.1) is 12.2 Å². The summed E-state index contributed by atoms with van der Waals surface area (Å²) in [6.07, 6.45) is 13.0. The Kier molecular flexibility index (Phi) is 15.4. The number of carbonyl (C=O) groups is 1. The standard InChI is InChI=1S/C27H43NO4/c1-4-28-27(31)15-11-6-5-8-12-22(2)25(26(30)20-21-29)19-18-24(32-3)17-16-23-13-9-7-10-14-23/h5,7-10,13-14,18-19,22,24-26,29-30H,4,6,11-12,15-17,20-21H2,1-3H3,(H,28,31)/b8-5-,19-18+/t22-,24+,25-,26-/m1/s1. The van der Waals surface area contributed by atoms with Gasteiger partial charge in [0.1, 0.15) is 0 Å². The van der Waals surface area contributed by atoms with Gasteiger partial charge in [-0.05, 0) is 56.9 Å². The Morgan fingerprint density at radius 1 is 1.16 bits per heavy atom. The first-order valence-corrected chi connectivity index (χ1v) is 12.0. The number of amides is 1. The van der Waals surface area contributed by atoms with Crippen LogP contribution in [-0.4, -0.2) is 48.6 Å². The highest BCUT2D eigenvalue weighted by atomic mass is 16.5. The maximum atomic E-state index is 11.5. The molecule has 0 aliphatic rings. The summed E-state index contributed by atoms with van der Waals surface area (Å²) < 4.78 is 5.64. The van der Waals surface area contributed by atoms with Gasteiger partial charge in [-0.25, -0.2) is 0 Å². The lowest BCUT2D eigenvalue weighted by Gasteiger charge is -2.25. The Labute approximate surface area is 194 Å². The van der Waals surface area contributed by atoms with Crippen molar-refractivity contribution in [1.29, 1.82) is 0 Å². The summed E-state index contributed by atoms with van der Waals surface area (Å²) in [6, 6.07) is 10.3. The van der Waals surface area contributed by atoms with E-state index in [0.29, 0.717) is 19.4 Å². The molecule has 0 aliphatic heterocycles. The molecule has 1 aromatic carbocycles. The van der Waals surface area contributed by atoms with Gasteiger partial charge in [-0.15, -0.1) is 0 Å². The number of hydrogen-bond acceptors (Lipinski definition) is 4. The summed E-state index contributed by atoms with van der Waals surface area (Å²) in [4.78, 5) is 11.5. The molecule has 0 spiro atoms. The predicted molar refractivity (Wildman–Crippen MR) is 131 cm³/mol. The number of methoxy groups -OCH3 is 1. The van der Waals surface area contributed by atoms with Crippen LogP contribution in [0.15, 0.2) is 54.6 Å². The fourth-order valence-corrected chi connectivity index (χ4v) is 3.77. The van der Waals surface area contributed by atoms with Crippen LogP contribution >= 0.6 is 0 Å². The smallest absolute Gasteiger partial charge is 0.219 e. The Morgan fingerprint density at radius 3 is 2.56 bits per heavy atom. The summed E-state index contributed by atoms with van der Waals surface area (Å²) in [5, 5.41) is 22.7. The topological polar surface area (TPSA) is 78.8 Å². The van der Waals surface area contributed by atoms with Crippen molar-refractivity contribution in [2.45, 2.75) is 71.0 Å². The maximum Gasteiger partial charge on any atom is 0.219 e. The molecule has 3 N–H and O–H groups in total. The van der Waals surface area contributed by atoms with Gasteiger partial charge in [0.15, 0.2) is 0 Å². The first-order valence-electron chi connectivity index (χ1n) is 12.0. The van der Waals surface area contributed by atoms with Crippen LogP contribution in [0.2, 0.25) is 0 Å². The molecule has 0 radical (unpaired) electrons. The van der Waals surface area contributed by atoms with Crippen LogP contribution in [0.3, 0.4) is 0 Å². The Balaban J connectivity index is 2.58. The number of aryl methyl sites for hydroxylation is 1. The van der Waals surface area contributed by atoms with Crippen LogP contribution in [0.4, 0.5) is 0 Å². The van der Waals surface area contributed by atoms with Crippen molar-refractivity contribution in [3.05, 3.63) is 60.2 Å². The molecule has 1 amide bonds. The molecule has 0 heterocycles. The van der Waals surface area contributed by atoms with Crippen molar-refractivity contribution >= 4 is 5.91 Å². The minimum absolute atomic E-state index is 0.0176. The third kappa shape index (κ3) is 12.2. The maximum absolute atomic E-state index is 11.5. The van der Waals surface area contributed by atoms with E-state index in [-0.39, 0.29) is 30.5 Å². The lowest BCUT2D eigenvalue weighted by molar-refractivity contribution is -0.121. The molecule has 0 aliphatic carbocycles. The number of hydrogen-bond donors (Lipinski definition) is 3. The number of allylic oxidation sites excluding steroid dienone is 2. The molecule has 0 unspecified atom stereocenters. The second-order valence-corrected chi connectivity index (χ2v) is 8.37. The monoisotopic (exact) mass is 445 g/mol. The number of carbonyl (C=O) groups excluding carboxylic acids is 1. The first kappa shape index (κ1) is 28.1. The Bertz CT molecular complexity index is 659. The van der Waals surface area contributed by atoms with Crippen molar-refractivity contribution in [1.82, 2.24) is 5.32 Å². The molecular weight excluding hydrogens is 402 g/mol. The van der Waals surface area contributed by atoms with Crippen molar-refractivity contribution in [3.8, 4) is 0 Å². The molecule has 1 rings (SSSR count).